The molecule has 1 unspecified atom stereocenters. The van der Waals surface area contributed by atoms with E-state index in [0.29, 0.717) is 12.2 Å². The molecule has 1 aromatic rings. The first-order chi connectivity index (χ1) is 9.42. The Kier molecular flexibility index (Phi) is 3.93. The van der Waals surface area contributed by atoms with E-state index in [2.05, 4.69) is 17.4 Å². The van der Waals surface area contributed by atoms with Crippen LogP contribution in [0.25, 0.3) is 0 Å². The molecule has 1 heterocycles. The summed E-state index contributed by atoms with van der Waals surface area (Å²) in [5, 5.41) is 10.8. The summed E-state index contributed by atoms with van der Waals surface area (Å²) in [6, 6.07) is 3.78. The molecule has 8 heteroatoms. The highest BCUT2D eigenvalue weighted by molar-refractivity contribution is 7.81. The second kappa shape index (κ2) is 5.49. The van der Waals surface area contributed by atoms with Gasteiger partial charge in [0.2, 0.25) is 5.91 Å². The first-order valence-corrected chi connectivity index (χ1v) is 6.30. The lowest BCUT2D eigenvalue weighted by Crippen LogP contribution is -2.25. The quantitative estimate of drug-likeness (QED) is 0.394. The van der Waals surface area contributed by atoms with Gasteiger partial charge in [0, 0.05) is 30.3 Å². The Labute approximate surface area is 120 Å². The van der Waals surface area contributed by atoms with Gasteiger partial charge in [0.05, 0.1) is 23.3 Å². The minimum absolute atomic E-state index is 0.0344. The van der Waals surface area contributed by atoms with E-state index in [0.717, 1.165) is 6.07 Å². The Bertz CT molecular complexity index is 589. The maximum absolute atomic E-state index is 11.8. The molecular formula is C12H12N2O5S. The van der Waals surface area contributed by atoms with Crippen LogP contribution >= 0.6 is 12.6 Å². The molecule has 0 aliphatic carbocycles. The van der Waals surface area contributed by atoms with E-state index in [4.69, 9.17) is 0 Å². The maximum atomic E-state index is 11.8. The molecule has 0 N–H and O–H groups in total. The van der Waals surface area contributed by atoms with Gasteiger partial charge in [-0.05, 0) is 6.07 Å². The SMILES string of the molecule is COC(=O)c1cc(N2CC(S)CC2=O)cc([N+](=O)[O-])c1. The van der Waals surface area contributed by atoms with Gasteiger partial charge in [0.15, 0.2) is 0 Å². The molecule has 106 valence electrons. The van der Waals surface area contributed by atoms with Crippen molar-refractivity contribution in [2.45, 2.75) is 11.7 Å². The zero-order chi connectivity index (χ0) is 14.9. The van der Waals surface area contributed by atoms with Crippen molar-refractivity contribution < 1.29 is 19.2 Å². The molecule has 0 bridgehead atoms. The maximum Gasteiger partial charge on any atom is 0.338 e. The number of benzene rings is 1. The first-order valence-electron chi connectivity index (χ1n) is 5.78. The Morgan fingerprint density at radius 1 is 1.50 bits per heavy atom. The number of nitrogens with zero attached hydrogens (tertiary/aromatic N) is 2. The summed E-state index contributed by atoms with van der Waals surface area (Å²) in [5.41, 5.74) is 0.0755. The monoisotopic (exact) mass is 296 g/mol. The molecule has 1 aliphatic rings. The number of thiol groups is 1. The minimum atomic E-state index is -0.691. The van der Waals surface area contributed by atoms with Crippen molar-refractivity contribution in [2.24, 2.45) is 0 Å². The molecule has 1 atom stereocenters. The zero-order valence-corrected chi connectivity index (χ0v) is 11.5. The smallest absolute Gasteiger partial charge is 0.338 e. The fourth-order valence-corrected chi connectivity index (χ4v) is 2.35. The van der Waals surface area contributed by atoms with Gasteiger partial charge >= 0.3 is 5.97 Å². The lowest BCUT2D eigenvalue weighted by Gasteiger charge is -2.16. The number of carbonyl (C=O) groups is 2. The Balaban J connectivity index is 2.47. The van der Waals surface area contributed by atoms with Crippen LogP contribution in [0.4, 0.5) is 11.4 Å². The van der Waals surface area contributed by atoms with E-state index in [1.165, 1.54) is 24.1 Å². The van der Waals surface area contributed by atoms with Gasteiger partial charge in [-0.15, -0.1) is 0 Å². The fraction of sp³-hybridized carbons (Fsp3) is 0.333. The summed E-state index contributed by atoms with van der Waals surface area (Å²) in [5.74, 6) is -0.870. The number of nitro benzene ring substituents is 1. The molecule has 0 aromatic heterocycles. The molecule has 1 saturated heterocycles. The van der Waals surface area contributed by atoms with E-state index in [-0.39, 0.29) is 28.8 Å². The average molecular weight is 296 g/mol. The van der Waals surface area contributed by atoms with Gasteiger partial charge in [-0.1, -0.05) is 0 Å². The third kappa shape index (κ3) is 2.74. The predicted molar refractivity (Wildman–Crippen MR) is 74.2 cm³/mol. The Morgan fingerprint density at radius 3 is 2.70 bits per heavy atom. The number of amides is 1. The number of rotatable bonds is 3. The van der Waals surface area contributed by atoms with Crippen molar-refractivity contribution >= 4 is 35.9 Å². The highest BCUT2D eigenvalue weighted by Crippen LogP contribution is 2.29. The van der Waals surface area contributed by atoms with Gasteiger partial charge < -0.3 is 9.64 Å². The van der Waals surface area contributed by atoms with E-state index in [1.807, 2.05) is 0 Å². The van der Waals surface area contributed by atoms with Crippen molar-refractivity contribution in [1.29, 1.82) is 0 Å². The van der Waals surface area contributed by atoms with Crippen LogP contribution in [0.2, 0.25) is 0 Å². The van der Waals surface area contributed by atoms with Crippen molar-refractivity contribution in [1.82, 2.24) is 0 Å². The summed E-state index contributed by atoms with van der Waals surface area (Å²) in [4.78, 5) is 35.0. The standard InChI is InChI=1S/C12H12N2O5S/c1-19-12(16)7-2-8(4-9(3-7)14(17)18)13-6-10(20)5-11(13)15/h2-4,10,20H,5-6H2,1H3. The second-order valence-electron chi connectivity index (χ2n) is 4.35. The predicted octanol–water partition coefficient (Wildman–Crippen LogP) is 1.42. The van der Waals surface area contributed by atoms with Gasteiger partial charge in [0.1, 0.15) is 0 Å². The molecule has 2 rings (SSSR count). The number of non-ortho nitro benzene ring substituents is 1. The van der Waals surface area contributed by atoms with Crippen molar-refractivity contribution in [3.05, 3.63) is 33.9 Å². The molecule has 1 amide bonds. The normalized spacial score (nSPS) is 18.2. The van der Waals surface area contributed by atoms with Crippen LogP contribution in [0.1, 0.15) is 16.8 Å². The molecule has 20 heavy (non-hydrogen) atoms. The van der Waals surface area contributed by atoms with Crippen LogP contribution in [0, 0.1) is 10.1 Å². The highest BCUT2D eigenvalue weighted by Gasteiger charge is 2.30. The molecule has 1 fully saturated rings. The second-order valence-corrected chi connectivity index (χ2v) is 5.08. The van der Waals surface area contributed by atoms with E-state index in [1.54, 1.807) is 0 Å². The lowest BCUT2D eigenvalue weighted by atomic mass is 10.1. The molecule has 1 aromatic carbocycles. The summed E-state index contributed by atoms with van der Waals surface area (Å²) in [6.07, 6.45) is 0.263. The number of ether oxygens (including phenoxy) is 1. The summed E-state index contributed by atoms with van der Waals surface area (Å²) >= 11 is 4.22. The highest BCUT2D eigenvalue weighted by atomic mass is 32.1. The number of methoxy groups -OCH3 is 1. The zero-order valence-electron chi connectivity index (χ0n) is 10.6. The van der Waals surface area contributed by atoms with Gasteiger partial charge in [0.25, 0.3) is 5.69 Å². The first kappa shape index (κ1) is 14.3. The van der Waals surface area contributed by atoms with Crippen LogP contribution < -0.4 is 4.90 Å². The molecular weight excluding hydrogens is 284 g/mol. The van der Waals surface area contributed by atoms with E-state index in [9.17, 15) is 19.7 Å². The Hall–Kier alpha value is -2.09. The number of hydrogen-bond donors (Lipinski definition) is 1. The fourth-order valence-electron chi connectivity index (χ4n) is 2.03. The average Bonchev–Trinajstić information content (AvgIpc) is 2.76. The van der Waals surface area contributed by atoms with Gasteiger partial charge in [-0.2, -0.15) is 12.6 Å². The van der Waals surface area contributed by atoms with Crippen LogP contribution in [0.3, 0.4) is 0 Å². The third-order valence-corrected chi connectivity index (χ3v) is 3.30. The number of nitro groups is 1. The topological polar surface area (TPSA) is 89.8 Å². The third-order valence-electron chi connectivity index (χ3n) is 2.95. The van der Waals surface area contributed by atoms with Crippen molar-refractivity contribution in [3.63, 3.8) is 0 Å². The van der Waals surface area contributed by atoms with Crippen LogP contribution in [-0.2, 0) is 9.53 Å². The molecule has 0 saturated carbocycles. The number of anilines is 1. The summed E-state index contributed by atoms with van der Waals surface area (Å²) in [6.45, 7) is 0.351. The number of carbonyl (C=O) groups excluding carboxylic acids is 2. The summed E-state index contributed by atoms with van der Waals surface area (Å²) < 4.78 is 4.56. The van der Waals surface area contributed by atoms with Crippen LogP contribution in [0.5, 0.6) is 0 Å². The molecule has 0 radical (unpaired) electrons. The lowest BCUT2D eigenvalue weighted by molar-refractivity contribution is -0.384. The van der Waals surface area contributed by atoms with Crippen molar-refractivity contribution in [2.75, 3.05) is 18.6 Å². The molecule has 1 aliphatic heterocycles. The van der Waals surface area contributed by atoms with Gasteiger partial charge in [-0.25, -0.2) is 4.79 Å². The van der Waals surface area contributed by atoms with Crippen molar-refractivity contribution in [3.8, 4) is 0 Å². The van der Waals surface area contributed by atoms with Crippen LogP contribution in [0.15, 0.2) is 18.2 Å². The molecule has 0 spiro atoms. The van der Waals surface area contributed by atoms with Crippen LogP contribution in [-0.4, -0.2) is 35.7 Å². The minimum Gasteiger partial charge on any atom is -0.465 e. The Morgan fingerprint density at radius 2 is 2.20 bits per heavy atom. The van der Waals surface area contributed by atoms with E-state index >= 15 is 0 Å². The number of hydrogen-bond acceptors (Lipinski definition) is 6. The van der Waals surface area contributed by atoms with E-state index < -0.39 is 10.9 Å². The number of esters is 1. The molecule has 7 nitrogen and oxygen atoms in total. The largest absolute Gasteiger partial charge is 0.465 e. The van der Waals surface area contributed by atoms with Gasteiger partial charge in [-0.3, -0.25) is 14.9 Å². The summed E-state index contributed by atoms with van der Waals surface area (Å²) in [7, 11) is 1.19.